The van der Waals surface area contributed by atoms with E-state index in [1.807, 2.05) is 30.3 Å². The van der Waals surface area contributed by atoms with Crippen LogP contribution in [-0.4, -0.2) is 29.4 Å². The van der Waals surface area contributed by atoms with Gasteiger partial charge >= 0.3 is 5.97 Å². The van der Waals surface area contributed by atoms with E-state index < -0.39 is 5.97 Å². The van der Waals surface area contributed by atoms with E-state index in [1.165, 1.54) is 18.2 Å². The zero-order valence-electron chi connectivity index (χ0n) is 12.1. The Balaban J connectivity index is 1.64. The van der Waals surface area contributed by atoms with Crippen molar-refractivity contribution < 1.29 is 24.5 Å². The molecule has 0 aliphatic heterocycles. The summed E-state index contributed by atoms with van der Waals surface area (Å²) >= 11 is 0. The first kappa shape index (κ1) is 15.7. The van der Waals surface area contributed by atoms with Gasteiger partial charge in [-0.15, -0.1) is 0 Å². The number of esters is 1. The summed E-state index contributed by atoms with van der Waals surface area (Å²) in [5.74, 6) is -0.321. The predicted molar refractivity (Wildman–Crippen MR) is 81.2 cm³/mol. The molecule has 0 aliphatic carbocycles. The van der Waals surface area contributed by atoms with Gasteiger partial charge in [0.15, 0.2) is 11.5 Å². The third-order valence-electron chi connectivity index (χ3n) is 2.99. The minimum atomic E-state index is -0.528. The molecule has 0 spiro atoms. The Labute approximate surface area is 128 Å². The van der Waals surface area contributed by atoms with E-state index >= 15 is 0 Å². The molecule has 0 aromatic heterocycles. The summed E-state index contributed by atoms with van der Waals surface area (Å²) in [7, 11) is 0. The zero-order valence-corrected chi connectivity index (χ0v) is 12.1. The second-order valence-electron chi connectivity index (χ2n) is 4.71. The standard InChI is InChI=1S/C17H18O5/c18-15-9-8-13(12-16(15)19)17(20)22-11-5-4-10-21-14-6-2-1-3-7-14/h1-3,6-9,12,18-19H,4-5,10-11H2. The molecule has 0 unspecified atom stereocenters. The van der Waals surface area contributed by atoms with Crippen molar-refractivity contribution in [3.8, 4) is 17.2 Å². The van der Waals surface area contributed by atoms with Crippen LogP contribution in [0.25, 0.3) is 0 Å². The summed E-state index contributed by atoms with van der Waals surface area (Å²) in [5, 5.41) is 18.5. The third kappa shape index (κ3) is 4.70. The molecule has 0 aliphatic rings. The minimum Gasteiger partial charge on any atom is -0.504 e. The van der Waals surface area contributed by atoms with Crippen molar-refractivity contribution in [2.24, 2.45) is 0 Å². The monoisotopic (exact) mass is 302 g/mol. The van der Waals surface area contributed by atoms with Crippen LogP contribution in [0.5, 0.6) is 17.2 Å². The van der Waals surface area contributed by atoms with Crippen LogP contribution in [0.1, 0.15) is 23.2 Å². The zero-order chi connectivity index (χ0) is 15.8. The van der Waals surface area contributed by atoms with Crippen LogP contribution in [0, 0.1) is 0 Å². The highest BCUT2D eigenvalue weighted by Crippen LogP contribution is 2.25. The number of para-hydroxylation sites is 1. The number of aromatic hydroxyl groups is 2. The molecule has 0 saturated heterocycles. The highest BCUT2D eigenvalue weighted by Gasteiger charge is 2.09. The van der Waals surface area contributed by atoms with Crippen LogP contribution in [0.2, 0.25) is 0 Å². The van der Waals surface area contributed by atoms with Gasteiger partial charge in [-0.05, 0) is 43.2 Å². The van der Waals surface area contributed by atoms with E-state index in [2.05, 4.69) is 0 Å². The Morgan fingerprint density at radius 3 is 2.36 bits per heavy atom. The molecular weight excluding hydrogens is 284 g/mol. The van der Waals surface area contributed by atoms with Gasteiger partial charge in [0.05, 0.1) is 18.8 Å². The normalized spacial score (nSPS) is 10.2. The molecule has 0 amide bonds. The molecule has 22 heavy (non-hydrogen) atoms. The van der Waals surface area contributed by atoms with Crippen LogP contribution in [0.3, 0.4) is 0 Å². The van der Waals surface area contributed by atoms with Gasteiger partial charge in [0.2, 0.25) is 0 Å². The summed E-state index contributed by atoms with van der Waals surface area (Å²) in [6.07, 6.45) is 1.45. The molecule has 2 aromatic carbocycles. The summed E-state index contributed by atoms with van der Waals surface area (Å²) in [6.45, 7) is 0.834. The topological polar surface area (TPSA) is 76.0 Å². The number of unbranched alkanes of at least 4 members (excludes halogenated alkanes) is 1. The summed E-state index contributed by atoms with van der Waals surface area (Å²) < 4.78 is 10.6. The van der Waals surface area contributed by atoms with Crippen molar-refractivity contribution in [3.05, 3.63) is 54.1 Å². The second-order valence-corrected chi connectivity index (χ2v) is 4.71. The van der Waals surface area contributed by atoms with Gasteiger partial charge < -0.3 is 19.7 Å². The average molecular weight is 302 g/mol. The molecule has 0 atom stereocenters. The number of phenolic OH excluding ortho intramolecular Hbond substituents is 2. The molecule has 116 valence electrons. The van der Waals surface area contributed by atoms with Crippen molar-refractivity contribution >= 4 is 5.97 Å². The highest BCUT2D eigenvalue weighted by molar-refractivity contribution is 5.90. The van der Waals surface area contributed by atoms with Crippen LogP contribution < -0.4 is 4.74 Å². The Morgan fingerprint density at radius 2 is 1.64 bits per heavy atom. The Morgan fingerprint density at radius 1 is 0.909 bits per heavy atom. The summed E-state index contributed by atoms with van der Waals surface area (Å²) in [6, 6.07) is 13.3. The SMILES string of the molecule is O=C(OCCCCOc1ccccc1)c1ccc(O)c(O)c1. The maximum atomic E-state index is 11.7. The lowest BCUT2D eigenvalue weighted by Gasteiger charge is -2.07. The molecule has 2 rings (SSSR count). The van der Waals surface area contributed by atoms with Gasteiger partial charge in [-0.2, -0.15) is 0 Å². The van der Waals surface area contributed by atoms with Crippen molar-refractivity contribution in [3.63, 3.8) is 0 Å². The number of hydrogen-bond acceptors (Lipinski definition) is 5. The minimum absolute atomic E-state index is 0.204. The molecule has 0 heterocycles. The van der Waals surface area contributed by atoms with Crippen LogP contribution in [0.4, 0.5) is 0 Å². The van der Waals surface area contributed by atoms with E-state index in [0.717, 1.165) is 12.2 Å². The van der Waals surface area contributed by atoms with Crippen molar-refractivity contribution in [2.75, 3.05) is 13.2 Å². The van der Waals surface area contributed by atoms with Gasteiger partial charge in [-0.25, -0.2) is 4.79 Å². The lowest BCUT2D eigenvalue weighted by atomic mass is 10.2. The number of carbonyl (C=O) groups excluding carboxylic acids is 1. The smallest absolute Gasteiger partial charge is 0.338 e. The Kier molecular flexibility index (Phi) is 5.65. The lowest BCUT2D eigenvalue weighted by molar-refractivity contribution is 0.0493. The number of ether oxygens (including phenoxy) is 2. The molecule has 2 N–H and O–H groups in total. The molecule has 5 nitrogen and oxygen atoms in total. The van der Waals surface area contributed by atoms with Gasteiger partial charge in [0.1, 0.15) is 5.75 Å². The van der Waals surface area contributed by atoms with E-state index in [4.69, 9.17) is 9.47 Å². The molecule has 2 aromatic rings. The molecular formula is C17H18O5. The molecule has 5 heteroatoms. The van der Waals surface area contributed by atoms with E-state index in [0.29, 0.717) is 13.0 Å². The van der Waals surface area contributed by atoms with Gasteiger partial charge in [0, 0.05) is 0 Å². The average Bonchev–Trinajstić information content (AvgIpc) is 2.54. The number of rotatable bonds is 7. The lowest BCUT2D eigenvalue weighted by Crippen LogP contribution is -2.07. The van der Waals surface area contributed by atoms with Gasteiger partial charge in [-0.1, -0.05) is 18.2 Å². The van der Waals surface area contributed by atoms with Gasteiger partial charge in [-0.3, -0.25) is 0 Å². The van der Waals surface area contributed by atoms with Crippen LogP contribution >= 0.6 is 0 Å². The molecule has 0 radical (unpaired) electrons. The predicted octanol–water partition coefficient (Wildman–Crippen LogP) is 3.11. The summed E-state index contributed by atoms with van der Waals surface area (Å²) in [4.78, 5) is 11.7. The Bertz CT molecular complexity index is 610. The molecule has 0 fully saturated rings. The van der Waals surface area contributed by atoms with E-state index in [1.54, 1.807) is 0 Å². The van der Waals surface area contributed by atoms with Crippen LogP contribution in [0.15, 0.2) is 48.5 Å². The number of carbonyl (C=O) groups is 1. The molecule has 0 saturated carbocycles. The maximum Gasteiger partial charge on any atom is 0.338 e. The molecule has 0 bridgehead atoms. The fourth-order valence-electron chi connectivity index (χ4n) is 1.81. The fraction of sp³-hybridized carbons (Fsp3) is 0.235. The van der Waals surface area contributed by atoms with E-state index in [9.17, 15) is 15.0 Å². The van der Waals surface area contributed by atoms with Crippen LogP contribution in [-0.2, 0) is 4.74 Å². The number of benzene rings is 2. The number of phenols is 2. The second kappa shape index (κ2) is 7.93. The number of hydrogen-bond donors (Lipinski definition) is 2. The quantitative estimate of drug-likeness (QED) is 0.467. The highest BCUT2D eigenvalue weighted by atomic mass is 16.5. The first-order chi connectivity index (χ1) is 10.7. The largest absolute Gasteiger partial charge is 0.504 e. The third-order valence-corrected chi connectivity index (χ3v) is 2.99. The van der Waals surface area contributed by atoms with Crippen molar-refractivity contribution in [1.29, 1.82) is 0 Å². The first-order valence-corrected chi connectivity index (χ1v) is 7.04. The Hall–Kier alpha value is -2.69. The maximum absolute atomic E-state index is 11.7. The van der Waals surface area contributed by atoms with Crippen molar-refractivity contribution in [2.45, 2.75) is 12.8 Å². The van der Waals surface area contributed by atoms with Crippen molar-refractivity contribution in [1.82, 2.24) is 0 Å². The van der Waals surface area contributed by atoms with E-state index in [-0.39, 0.29) is 23.7 Å². The first-order valence-electron chi connectivity index (χ1n) is 7.04. The van der Waals surface area contributed by atoms with Gasteiger partial charge in [0.25, 0.3) is 0 Å². The summed E-state index contributed by atoms with van der Waals surface area (Å²) in [5.41, 5.74) is 0.204. The fourth-order valence-corrected chi connectivity index (χ4v) is 1.81.